The molecule has 0 unspecified atom stereocenters. The second-order valence-electron chi connectivity index (χ2n) is 6.14. The minimum atomic E-state index is -0.0262. The van der Waals surface area contributed by atoms with E-state index in [0.717, 1.165) is 36.3 Å². The summed E-state index contributed by atoms with van der Waals surface area (Å²) in [6.45, 7) is 9.29. The molecule has 4 rings (SSSR count). The normalized spacial score (nSPS) is 14.0. The number of aromatic amines is 1. The fourth-order valence-corrected chi connectivity index (χ4v) is 3.18. The van der Waals surface area contributed by atoms with Crippen LogP contribution in [-0.4, -0.2) is 26.2 Å². The first-order valence-corrected chi connectivity index (χ1v) is 8.17. The van der Waals surface area contributed by atoms with Gasteiger partial charge in [0.25, 0.3) is 5.56 Å². The molecule has 0 atom stereocenters. The van der Waals surface area contributed by atoms with E-state index < -0.39 is 0 Å². The smallest absolute Gasteiger partial charge is 0.277 e. The fraction of sp³-hybridized carbons (Fsp3) is 0.211. The monoisotopic (exact) mass is 331 g/mol. The second-order valence-corrected chi connectivity index (χ2v) is 6.14. The topological polar surface area (TPSA) is 58.3 Å². The molecule has 0 spiro atoms. The standard InChI is InChI=1S/C19H17N5O/c1-20-15-7-5-14(6-8-15)12-23-11-9-17-16(13-23)19(25)24(22-17)18-4-2-3-10-21-18/h2-8,10,22H,9,11-13H2. The van der Waals surface area contributed by atoms with Crippen LogP contribution in [0.1, 0.15) is 16.8 Å². The van der Waals surface area contributed by atoms with Crippen LogP contribution >= 0.6 is 0 Å². The minimum absolute atomic E-state index is 0.0262. The van der Waals surface area contributed by atoms with Gasteiger partial charge < -0.3 is 0 Å². The second kappa shape index (κ2) is 6.38. The van der Waals surface area contributed by atoms with Crippen molar-refractivity contribution in [3.8, 4) is 5.82 Å². The summed E-state index contributed by atoms with van der Waals surface area (Å²) in [7, 11) is 0. The number of nitrogens with zero attached hydrogens (tertiary/aromatic N) is 4. The SMILES string of the molecule is [C-]#[N+]c1ccc(CN2CCc3[nH]n(-c4ccccn4)c(=O)c3C2)cc1. The van der Waals surface area contributed by atoms with Crippen molar-refractivity contribution in [2.45, 2.75) is 19.5 Å². The lowest BCUT2D eigenvalue weighted by Crippen LogP contribution is -2.32. The molecule has 3 aromatic rings. The molecule has 1 aliphatic heterocycles. The Hall–Kier alpha value is -3.17. The molecule has 0 amide bonds. The largest absolute Gasteiger partial charge is 0.294 e. The van der Waals surface area contributed by atoms with Crippen molar-refractivity contribution in [1.82, 2.24) is 19.7 Å². The van der Waals surface area contributed by atoms with Crippen LogP contribution in [0.3, 0.4) is 0 Å². The van der Waals surface area contributed by atoms with Crippen LogP contribution in [0, 0.1) is 6.57 Å². The van der Waals surface area contributed by atoms with Gasteiger partial charge in [-0.25, -0.2) is 14.5 Å². The number of hydrogen-bond acceptors (Lipinski definition) is 3. The lowest BCUT2D eigenvalue weighted by Gasteiger charge is -2.25. The molecule has 3 heterocycles. The van der Waals surface area contributed by atoms with Crippen LogP contribution < -0.4 is 5.56 Å². The number of hydrogen-bond donors (Lipinski definition) is 1. The predicted octanol–water partition coefficient (Wildman–Crippen LogP) is 2.67. The van der Waals surface area contributed by atoms with E-state index >= 15 is 0 Å². The highest BCUT2D eigenvalue weighted by molar-refractivity contribution is 5.45. The first-order chi connectivity index (χ1) is 12.2. The van der Waals surface area contributed by atoms with E-state index in [2.05, 4.69) is 19.8 Å². The minimum Gasteiger partial charge on any atom is -0.294 e. The van der Waals surface area contributed by atoms with Crippen LogP contribution in [0.25, 0.3) is 10.7 Å². The fourth-order valence-electron chi connectivity index (χ4n) is 3.18. The predicted molar refractivity (Wildman–Crippen MR) is 94.7 cm³/mol. The summed E-state index contributed by atoms with van der Waals surface area (Å²) in [6, 6.07) is 13.1. The Balaban J connectivity index is 1.56. The molecule has 0 bridgehead atoms. The van der Waals surface area contributed by atoms with Gasteiger partial charge in [-0.05, 0) is 17.7 Å². The number of H-pyrrole nitrogens is 1. The molecule has 0 aliphatic carbocycles. The van der Waals surface area contributed by atoms with Crippen LogP contribution in [0.2, 0.25) is 0 Å². The maximum absolute atomic E-state index is 12.7. The molecule has 0 saturated heterocycles. The van der Waals surface area contributed by atoms with Crippen LogP contribution in [-0.2, 0) is 19.5 Å². The Morgan fingerprint density at radius 1 is 1.20 bits per heavy atom. The summed E-state index contributed by atoms with van der Waals surface area (Å²) in [4.78, 5) is 22.6. The first kappa shape index (κ1) is 15.4. The highest BCUT2D eigenvalue weighted by Crippen LogP contribution is 2.19. The van der Waals surface area contributed by atoms with Crippen molar-refractivity contribution < 1.29 is 0 Å². The molecule has 1 aliphatic rings. The third-order valence-corrected chi connectivity index (χ3v) is 4.48. The zero-order chi connectivity index (χ0) is 17.2. The first-order valence-electron chi connectivity index (χ1n) is 8.17. The third-order valence-electron chi connectivity index (χ3n) is 4.48. The van der Waals surface area contributed by atoms with Crippen molar-refractivity contribution in [2.24, 2.45) is 0 Å². The Morgan fingerprint density at radius 2 is 2.04 bits per heavy atom. The van der Waals surface area contributed by atoms with E-state index in [1.54, 1.807) is 6.20 Å². The van der Waals surface area contributed by atoms with Crippen molar-refractivity contribution in [2.75, 3.05) is 6.54 Å². The summed E-state index contributed by atoms with van der Waals surface area (Å²) in [5.41, 5.74) is 3.58. The Bertz CT molecular complexity index is 979. The Morgan fingerprint density at radius 3 is 2.76 bits per heavy atom. The number of rotatable bonds is 3. The van der Waals surface area contributed by atoms with Gasteiger partial charge in [0, 0.05) is 37.9 Å². The summed E-state index contributed by atoms with van der Waals surface area (Å²) in [5.74, 6) is 0.614. The van der Waals surface area contributed by atoms with Gasteiger partial charge in [-0.2, -0.15) is 0 Å². The number of pyridine rings is 1. The van der Waals surface area contributed by atoms with Crippen LogP contribution in [0.4, 0.5) is 5.69 Å². The zero-order valence-corrected chi connectivity index (χ0v) is 13.6. The van der Waals surface area contributed by atoms with Gasteiger partial charge in [0.2, 0.25) is 0 Å². The van der Waals surface area contributed by atoms with Crippen molar-refractivity contribution in [3.05, 3.63) is 87.3 Å². The van der Waals surface area contributed by atoms with Crippen LogP contribution in [0.5, 0.6) is 0 Å². The molecular formula is C19H17N5O. The van der Waals surface area contributed by atoms with Gasteiger partial charge >= 0.3 is 0 Å². The molecule has 0 saturated carbocycles. The molecule has 6 heteroatoms. The highest BCUT2D eigenvalue weighted by atomic mass is 16.1. The van der Waals surface area contributed by atoms with E-state index in [1.807, 2.05) is 42.5 Å². The molecule has 6 nitrogen and oxygen atoms in total. The van der Waals surface area contributed by atoms with Gasteiger partial charge in [0.1, 0.15) is 0 Å². The van der Waals surface area contributed by atoms with E-state index in [-0.39, 0.29) is 5.56 Å². The number of aromatic nitrogens is 3. The molecule has 25 heavy (non-hydrogen) atoms. The van der Waals surface area contributed by atoms with Gasteiger partial charge in [-0.3, -0.25) is 14.8 Å². The molecule has 1 aromatic carbocycles. The zero-order valence-electron chi connectivity index (χ0n) is 13.6. The van der Waals surface area contributed by atoms with E-state index in [4.69, 9.17) is 6.57 Å². The van der Waals surface area contributed by atoms with E-state index in [9.17, 15) is 4.79 Å². The van der Waals surface area contributed by atoms with Crippen molar-refractivity contribution in [1.29, 1.82) is 0 Å². The van der Waals surface area contributed by atoms with Gasteiger partial charge in [-0.15, -0.1) is 0 Å². The number of benzene rings is 1. The average molecular weight is 331 g/mol. The molecular weight excluding hydrogens is 314 g/mol. The maximum atomic E-state index is 12.7. The van der Waals surface area contributed by atoms with E-state index in [0.29, 0.717) is 18.1 Å². The quantitative estimate of drug-likeness (QED) is 0.751. The third kappa shape index (κ3) is 2.97. The summed E-state index contributed by atoms with van der Waals surface area (Å²) in [5, 5.41) is 3.20. The summed E-state index contributed by atoms with van der Waals surface area (Å²) >= 11 is 0. The Kier molecular flexibility index (Phi) is 3.92. The molecule has 124 valence electrons. The highest BCUT2D eigenvalue weighted by Gasteiger charge is 2.23. The van der Waals surface area contributed by atoms with E-state index in [1.165, 1.54) is 4.68 Å². The van der Waals surface area contributed by atoms with Crippen molar-refractivity contribution >= 4 is 5.69 Å². The molecule has 2 aromatic heterocycles. The lowest BCUT2D eigenvalue weighted by molar-refractivity contribution is 0.244. The van der Waals surface area contributed by atoms with Crippen LogP contribution in [0.15, 0.2) is 53.5 Å². The molecule has 1 N–H and O–H groups in total. The number of nitrogens with one attached hydrogen (secondary N) is 1. The molecule has 0 radical (unpaired) electrons. The lowest BCUT2D eigenvalue weighted by atomic mass is 10.1. The van der Waals surface area contributed by atoms with Gasteiger partial charge in [0.15, 0.2) is 11.5 Å². The summed E-state index contributed by atoms with van der Waals surface area (Å²) in [6.07, 6.45) is 2.49. The average Bonchev–Trinajstić information content (AvgIpc) is 2.99. The molecule has 0 fully saturated rings. The Labute approximate surface area is 145 Å². The van der Waals surface area contributed by atoms with Gasteiger partial charge in [0.05, 0.1) is 12.1 Å². The number of fused-ring (bicyclic) bond motifs is 1. The summed E-state index contributed by atoms with van der Waals surface area (Å²) < 4.78 is 1.53. The van der Waals surface area contributed by atoms with Crippen molar-refractivity contribution in [3.63, 3.8) is 0 Å². The van der Waals surface area contributed by atoms with Gasteiger partial charge in [-0.1, -0.05) is 30.3 Å². The maximum Gasteiger partial charge on any atom is 0.277 e.